The number of hydrogen-bond donors (Lipinski definition) is 2. The molecule has 92 valence electrons. The van der Waals surface area contributed by atoms with Crippen molar-refractivity contribution in [2.24, 2.45) is 5.73 Å². The SMILES string of the molecule is CC(Sc1ccc(Cl)cc1)C(=O)NCC(N)=O. The summed E-state index contributed by atoms with van der Waals surface area (Å²) in [4.78, 5) is 23.0. The minimum absolute atomic E-state index is 0.135. The molecule has 6 heteroatoms. The summed E-state index contributed by atoms with van der Waals surface area (Å²) >= 11 is 7.14. The third kappa shape index (κ3) is 5.10. The van der Waals surface area contributed by atoms with Gasteiger partial charge in [0, 0.05) is 9.92 Å². The smallest absolute Gasteiger partial charge is 0.236 e. The Morgan fingerprint density at radius 1 is 1.41 bits per heavy atom. The predicted molar refractivity (Wildman–Crippen MR) is 69.0 cm³/mol. The summed E-state index contributed by atoms with van der Waals surface area (Å²) in [6.45, 7) is 1.62. The van der Waals surface area contributed by atoms with Gasteiger partial charge in [0.05, 0.1) is 11.8 Å². The normalized spacial score (nSPS) is 11.9. The van der Waals surface area contributed by atoms with Crippen molar-refractivity contribution in [2.45, 2.75) is 17.1 Å². The fraction of sp³-hybridized carbons (Fsp3) is 0.273. The van der Waals surface area contributed by atoms with E-state index in [1.165, 1.54) is 11.8 Å². The molecule has 1 unspecified atom stereocenters. The number of benzene rings is 1. The number of nitrogens with two attached hydrogens (primary N) is 1. The first-order valence-corrected chi connectivity index (χ1v) is 6.23. The molecule has 1 atom stereocenters. The number of rotatable bonds is 5. The second-order valence-corrected chi connectivity index (χ2v) is 5.25. The van der Waals surface area contributed by atoms with Crippen LogP contribution in [0.5, 0.6) is 0 Å². The third-order valence-electron chi connectivity index (χ3n) is 1.93. The van der Waals surface area contributed by atoms with Crippen LogP contribution in [0.2, 0.25) is 5.02 Å². The van der Waals surface area contributed by atoms with Crippen LogP contribution < -0.4 is 11.1 Å². The van der Waals surface area contributed by atoms with Crippen LogP contribution in [0, 0.1) is 0 Å². The summed E-state index contributed by atoms with van der Waals surface area (Å²) in [5.41, 5.74) is 4.93. The maximum absolute atomic E-state index is 11.6. The van der Waals surface area contributed by atoms with Crippen LogP contribution >= 0.6 is 23.4 Å². The zero-order valence-electron chi connectivity index (χ0n) is 9.27. The van der Waals surface area contributed by atoms with E-state index in [1.54, 1.807) is 19.1 Å². The molecule has 0 bridgehead atoms. The quantitative estimate of drug-likeness (QED) is 0.797. The van der Waals surface area contributed by atoms with Crippen LogP contribution in [0.1, 0.15) is 6.92 Å². The first-order chi connectivity index (χ1) is 7.99. The zero-order valence-corrected chi connectivity index (χ0v) is 10.8. The van der Waals surface area contributed by atoms with E-state index in [4.69, 9.17) is 17.3 Å². The fourth-order valence-electron chi connectivity index (χ4n) is 1.09. The first kappa shape index (κ1) is 13.9. The number of amides is 2. The van der Waals surface area contributed by atoms with E-state index in [0.29, 0.717) is 5.02 Å². The van der Waals surface area contributed by atoms with Gasteiger partial charge in [-0.1, -0.05) is 11.6 Å². The van der Waals surface area contributed by atoms with Gasteiger partial charge in [0.2, 0.25) is 11.8 Å². The molecule has 0 spiro atoms. The van der Waals surface area contributed by atoms with E-state index in [1.807, 2.05) is 12.1 Å². The Morgan fingerprint density at radius 3 is 2.53 bits per heavy atom. The van der Waals surface area contributed by atoms with E-state index in [0.717, 1.165) is 4.90 Å². The molecule has 1 aromatic rings. The van der Waals surface area contributed by atoms with E-state index in [-0.39, 0.29) is 17.7 Å². The molecule has 0 aliphatic rings. The highest BCUT2D eigenvalue weighted by atomic mass is 35.5. The van der Waals surface area contributed by atoms with Crippen LogP contribution in [-0.2, 0) is 9.59 Å². The van der Waals surface area contributed by atoms with Gasteiger partial charge in [0.15, 0.2) is 0 Å². The molecule has 0 heterocycles. The molecule has 1 rings (SSSR count). The number of carbonyl (C=O) groups excluding carboxylic acids is 2. The van der Waals surface area contributed by atoms with Gasteiger partial charge < -0.3 is 11.1 Å². The average molecular weight is 273 g/mol. The summed E-state index contributed by atoms with van der Waals surface area (Å²) in [6, 6.07) is 7.20. The van der Waals surface area contributed by atoms with Crippen LogP contribution in [0.4, 0.5) is 0 Å². The minimum atomic E-state index is -0.554. The molecule has 0 saturated carbocycles. The standard InChI is InChI=1S/C11H13ClN2O2S/c1-7(11(16)14-6-10(13)15)17-9-4-2-8(12)3-5-9/h2-5,7H,6H2,1H3,(H2,13,15)(H,14,16). The van der Waals surface area contributed by atoms with E-state index in [9.17, 15) is 9.59 Å². The van der Waals surface area contributed by atoms with Gasteiger partial charge in [-0.15, -0.1) is 11.8 Å². The van der Waals surface area contributed by atoms with Crippen LogP contribution in [0.15, 0.2) is 29.2 Å². The molecule has 0 aliphatic carbocycles. The van der Waals surface area contributed by atoms with Crippen molar-refractivity contribution in [1.82, 2.24) is 5.32 Å². The van der Waals surface area contributed by atoms with Crippen molar-refractivity contribution < 1.29 is 9.59 Å². The van der Waals surface area contributed by atoms with Gasteiger partial charge in [-0.05, 0) is 31.2 Å². The van der Waals surface area contributed by atoms with Crippen molar-refractivity contribution in [2.75, 3.05) is 6.54 Å². The van der Waals surface area contributed by atoms with Crippen molar-refractivity contribution in [3.63, 3.8) is 0 Å². The monoisotopic (exact) mass is 272 g/mol. The summed E-state index contributed by atoms with van der Waals surface area (Å²) in [5, 5.41) is 2.81. The topological polar surface area (TPSA) is 72.2 Å². The number of hydrogen-bond acceptors (Lipinski definition) is 3. The molecule has 2 amide bonds. The Bertz CT molecular complexity index is 408. The fourth-order valence-corrected chi connectivity index (χ4v) is 2.11. The Hall–Kier alpha value is -1.20. The van der Waals surface area contributed by atoms with Gasteiger partial charge in [0.25, 0.3) is 0 Å². The number of thioether (sulfide) groups is 1. The predicted octanol–water partition coefficient (Wildman–Crippen LogP) is 1.42. The zero-order chi connectivity index (χ0) is 12.8. The van der Waals surface area contributed by atoms with Gasteiger partial charge in [-0.3, -0.25) is 9.59 Å². The maximum Gasteiger partial charge on any atom is 0.236 e. The van der Waals surface area contributed by atoms with Crippen LogP contribution in [-0.4, -0.2) is 23.6 Å². The highest BCUT2D eigenvalue weighted by Gasteiger charge is 2.14. The lowest BCUT2D eigenvalue weighted by Crippen LogP contribution is -2.37. The highest BCUT2D eigenvalue weighted by Crippen LogP contribution is 2.24. The molecular formula is C11H13ClN2O2S. The molecule has 4 nitrogen and oxygen atoms in total. The molecular weight excluding hydrogens is 260 g/mol. The number of halogens is 1. The van der Waals surface area contributed by atoms with Crippen LogP contribution in [0.25, 0.3) is 0 Å². The molecule has 0 saturated heterocycles. The summed E-state index contributed by atoms with van der Waals surface area (Å²) in [5.74, 6) is -0.772. The van der Waals surface area contributed by atoms with Gasteiger partial charge in [-0.25, -0.2) is 0 Å². The molecule has 3 N–H and O–H groups in total. The second kappa shape index (κ2) is 6.51. The Balaban J connectivity index is 2.48. The lowest BCUT2D eigenvalue weighted by Gasteiger charge is -2.10. The van der Waals surface area contributed by atoms with Crippen molar-refractivity contribution >= 4 is 35.2 Å². The third-order valence-corrected chi connectivity index (χ3v) is 3.30. The van der Waals surface area contributed by atoms with Crippen molar-refractivity contribution in [3.05, 3.63) is 29.3 Å². The average Bonchev–Trinajstić information content (AvgIpc) is 2.28. The second-order valence-electron chi connectivity index (χ2n) is 3.40. The summed E-state index contributed by atoms with van der Waals surface area (Å²) < 4.78 is 0. The number of primary amides is 1. The van der Waals surface area contributed by atoms with Gasteiger partial charge in [0.1, 0.15) is 0 Å². The summed E-state index contributed by atoms with van der Waals surface area (Å²) in [7, 11) is 0. The Labute approximate surface area is 109 Å². The van der Waals surface area contributed by atoms with Crippen molar-refractivity contribution in [1.29, 1.82) is 0 Å². The molecule has 0 radical (unpaired) electrons. The maximum atomic E-state index is 11.6. The number of carbonyl (C=O) groups is 2. The summed E-state index contributed by atoms with van der Waals surface area (Å²) in [6.07, 6.45) is 0. The lowest BCUT2D eigenvalue weighted by molar-refractivity contribution is -0.124. The minimum Gasteiger partial charge on any atom is -0.368 e. The molecule has 1 aromatic carbocycles. The molecule has 0 aliphatic heterocycles. The Kier molecular flexibility index (Phi) is 5.31. The van der Waals surface area contributed by atoms with E-state index in [2.05, 4.69) is 5.32 Å². The van der Waals surface area contributed by atoms with Crippen molar-refractivity contribution in [3.8, 4) is 0 Å². The number of nitrogens with one attached hydrogen (secondary N) is 1. The van der Waals surface area contributed by atoms with Crippen LogP contribution in [0.3, 0.4) is 0 Å². The molecule has 17 heavy (non-hydrogen) atoms. The highest BCUT2D eigenvalue weighted by molar-refractivity contribution is 8.00. The largest absolute Gasteiger partial charge is 0.368 e. The molecule has 0 fully saturated rings. The first-order valence-electron chi connectivity index (χ1n) is 4.97. The Morgan fingerprint density at radius 2 is 2.00 bits per heavy atom. The van der Waals surface area contributed by atoms with E-state index < -0.39 is 5.91 Å². The molecule has 0 aromatic heterocycles. The lowest BCUT2D eigenvalue weighted by atomic mass is 10.4. The van der Waals surface area contributed by atoms with Gasteiger partial charge >= 0.3 is 0 Å². The van der Waals surface area contributed by atoms with Gasteiger partial charge in [-0.2, -0.15) is 0 Å². The van der Waals surface area contributed by atoms with E-state index >= 15 is 0 Å².